The molecule has 0 saturated carbocycles. The van der Waals surface area contributed by atoms with E-state index in [-0.39, 0.29) is 6.54 Å². The van der Waals surface area contributed by atoms with Gasteiger partial charge in [0.25, 0.3) is 0 Å². The van der Waals surface area contributed by atoms with Crippen molar-refractivity contribution < 1.29 is 13.9 Å². The van der Waals surface area contributed by atoms with Crippen LogP contribution in [0.25, 0.3) is 10.5 Å². The number of amides is 1. The minimum atomic E-state index is -0.536. The SMILES string of the molecule is [C-]#[N+]c1ccc(NCc2cn(-c3ccc(N4C[C@H](CN)OC4=O)cc3F)cn2)nc1. The summed E-state index contributed by atoms with van der Waals surface area (Å²) in [4.78, 5) is 25.0. The van der Waals surface area contributed by atoms with Crippen molar-refractivity contribution in [2.24, 2.45) is 5.73 Å². The fourth-order valence-corrected chi connectivity index (χ4v) is 3.05. The van der Waals surface area contributed by atoms with Crippen LogP contribution in [0.15, 0.2) is 49.1 Å². The Hall–Kier alpha value is -3.97. The molecule has 1 saturated heterocycles. The maximum atomic E-state index is 14.7. The van der Waals surface area contributed by atoms with Crippen molar-refractivity contribution in [2.75, 3.05) is 23.3 Å². The van der Waals surface area contributed by atoms with Crippen LogP contribution in [0, 0.1) is 12.4 Å². The normalized spacial score (nSPS) is 15.7. The summed E-state index contributed by atoms with van der Waals surface area (Å²) in [7, 11) is 0. The number of hydrogen-bond acceptors (Lipinski definition) is 6. The predicted molar refractivity (Wildman–Crippen MR) is 108 cm³/mol. The van der Waals surface area contributed by atoms with Crippen LogP contribution in [-0.2, 0) is 11.3 Å². The smallest absolute Gasteiger partial charge is 0.414 e. The van der Waals surface area contributed by atoms with Crippen molar-refractivity contribution in [3.63, 3.8) is 0 Å². The van der Waals surface area contributed by atoms with Crippen molar-refractivity contribution in [2.45, 2.75) is 12.6 Å². The van der Waals surface area contributed by atoms with Gasteiger partial charge < -0.3 is 20.4 Å². The van der Waals surface area contributed by atoms with Crippen LogP contribution in [0.1, 0.15) is 5.69 Å². The zero-order valence-corrected chi connectivity index (χ0v) is 15.8. The highest BCUT2D eigenvalue weighted by atomic mass is 19.1. The number of imidazole rings is 1. The molecule has 3 N–H and O–H groups in total. The fourth-order valence-electron chi connectivity index (χ4n) is 3.05. The number of halogens is 1. The van der Waals surface area contributed by atoms with Gasteiger partial charge in [0.05, 0.1) is 43.1 Å². The monoisotopic (exact) mass is 407 g/mol. The number of hydrogen-bond donors (Lipinski definition) is 2. The first-order chi connectivity index (χ1) is 14.6. The van der Waals surface area contributed by atoms with Crippen molar-refractivity contribution in [3.05, 3.63) is 72.0 Å². The summed E-state index contributed by atoms with van der Waals surface area (Å²) in [6.07, 6.45) is 3.77. The number of pyridine rings is 1. The number of nitrogens with one attached hydrogen (secondary N) is 1. The molecule has 0 radical (unpaired) electrons. The number of nitrogens with zero attached hydrogens (tertiary/aromatic N) is 5. The van der Waals surface area contributed by atoms with Gasteiger partial charge in [0.15, 0.2) is 0 Å². The molecule has 2 aromatic heterocycles. The maximum Gasteiger partial charge on any atom is 0.414 e. The summed E-state index contributed by atoms with van der Waals surface area (Å²) in [6.45, 7) is 7.83. The summed E-state index contributed by atoms with van der Waals surface area (Å²) in [5, 5.41) is 3.10. The molecular weight excluding hydrogens is 389 g/mol. The van der Waals surface area contributed by atoms with Gasteiger partial charge in [0.2, 0.25) is 5.69 Å². The molecule has 1 aromatic carbocycles. The van der Waals surface area contributed by atoms with E-state index in [1.165, 1.54) is 23.5 Å². The predicted octanol–water partition coefficient (Wildman–Crippen LogP) is 2.85. The van der Waals surface area contributed by atoms with Gasteiger partial charge in [-0.2, -0.15) is 0 Å². The zero-order valence-electron chi connectivity index (χ0n) is 15.8. The largest absolute Gasteiger partial charge is 0.443 e. The molecular formula is C20H18FN7O2. The second-order valence-corrected chi connectivity index (χ2v) is 6.63. The van der Waals surface area contributed by atoms with E-state index < -0.39 is 18.0 Å². The third-order valence-corrected chi connectivity index (χ3v) is 4.62. The number of rotatable bonds is 6. The van der Waals surface area contributed by atoms with Gasteiger partial charge in [-0.25, -0.2) is 19.0 Å². The molecule has 3 aromatic rings. The van der Waals surface area contributed by atoms with E-state index in [0.717, 1.165) is 0 Å². The van der Waals surface area contributed by atoms with Gasteiger partial charge in [0, 0.05) is 18.9 Å². The van der Waals surface area contributed by atoms with Gasteiger partial charge in [-0.15, -0.1) is 0 Å². The van der Waals surface area contributed by atoms with E-state index in [9.17, 15) is 9.18 Å². The van der Waals surface area contributed by atoms with Gasteiger partial charge in [-0.3, -0.25) is 9.88 Å². The molecule has 9 nitrogen and oxygen atoms in total. The van der Waals surface area contributed by atoms with Crippen molar-refractivity contribution >= 4 is 23.3 Å². The lowest BCUT2D eigenvalue weighted by Gasteiger charge is -2.14. The highest BCUT2D eigenvalue weighted by Crippen LogP contribution is 2.25. The molecule has 1 fully saturated rings. The Labute approximate surface area is 171 Å². The minimum absolute atomic E-state index is 0.216. The number of carbonyl (C=O) groups is 1. The summed E-state index contributed by atoms with van der Waals surface area (Å²) in [5.41, 5.74) is 7.40. The van der Waals surface area contributed by atoms with E-state index >= 15 is 0 Å². The Morgan fingerprint density at radius 3 is 2.87 bits per heavy atom. The van der Waals surface area contributed by atoms with Gasteiger partial charge in [-0.05, 0) is 24.3 Å². The van der Waals surface area contributed by atoms with Crippen molar-refractivity contribution in [1.29, 1.82) is 0 Å². The quantitative estimate of drug-likeness (QED) is 0.609. The molecule has 1 amide bonds. The Balaban J connectivity index is 1.45. The van der Waals surface area contributed by atoms with Gasteiger partial charge >= 0.3 is 6.09 Å². The number of nitrogens with two attached hydrogens (primary N) is 1. The van der Waals surface area contributed by atoms with Crippen LogP contribution in [0.5, 0.6) is 0 Å². The molecule has 3 heterocycles. The van der Waals surface area contributed by atoms with Crippen LogP contribution in [0.3, 0.4) is 0 Å². The van der Waals surface area contributed by atoms with Crippen LogP contribution >= 0.6 is 0 Å². The number of carbonyl (C=O) groups excluding carboxylic acids is 1. The molecule has 4 rings (SSSR count). The third kappa shape index (κ3) is 3.92. The first-order valence-corrected chi connectivity index (χ1v) is 9.16. The molecule has 10 heteroatoms. The number of ether oxygens (including phenoxy) is 1. The number of aromatic nitrogens is 3. The van der Waals surface area contributed by atoms with Crippen LogP contribution in [0.4, 0.5) is 26.4 Å². The summed E-state index contributed by atoms with van der Waals surface area (Å²) in [6, 6.07) is 7.90. The molecule has 1 aliphatic rings. The second-order valence-electron chi connectivity index (χ2n) is 6.63. The lowest BCUT2D eigenvalue weighted by molar-refractivity contribution is 0.145. The van der Waals surface area contributed by atoms with Crippen LogP contribution < -0.4 is 16.0 Å². The Morgan fingerprint density at radius 1 is 1.33 bits per heavy atom. The van der Waals surface area contributed by atoms with E-state index in [0.29, 0.717) is 41.7 Å². The molecule has 152 valence electrons. The van der Waals surface area contributed by atoms with E-state index in [1.807, 2.05) is 0 Å². The summed E-state index contributed by atoms with van der Waals surface area (Å²) >= 11 is 0. The van der Waals surface area contributed by atoms with Crippen LogP contribution in [0.2, 0.25) is 0 Å². The summed E-state index contributed by atoms with van der Waals surface area (Å²) in [5.74, 6) is 0.116. The van der Waals surface area contributed by atoms with E-state index in [4.69, 9.17) is 17.0 Å². The standard InChI is InChI=1S/C20H18FN7O2/c1-23-13-2-5-19(24-8-13)25-9-14-10-27(12-26-14)18-4-3-15(6-17(18)21)28-11-16(7-22)30-20(28)29/h2-6,8,10,12,16H,7,9,11,22H2,(H,24,25)/t16-/m0/s1. The minimum Gasteiger partial charge on any atom is -0.443 e. The highest BCUT2D eigenvalue weighted by Gasteiger charge is 2.31. The molecule has 1 atom stereocenters. The molecule has 0 spiro atoms. The molecule has 1 aliphatic heterocycles. The lowest BCUT2D eigenvalue weighted by atomic mass is 10.2. The molecule has 0 bridgehead atoms. The van der Waals surface area contributed by atoms with E-state index in [1.54, 1.807) is 35.0 Å². The van der Waals surface area contributed by atoms with Gasteiger partial charge in [-0.1, -0.05) is 6.07 Å². The Kier molecular flexibility index (Phi) is 5.28. The maximum absolute atomic E-state index is 14.7. The van der Waals surface area contributed by atoms with Crippen molar-refractivity contribution in [1.82, 2.24) is 14.5 Å². The van der Waals surface area contributed by atoms with Crippen LogP contribution in [-0.4, -0.2) is 39.8 Å². The second kappa shape index (κ2) is 8.18. The number of anilines is 2. The third-order valence-electron chi connectivity index (χ3n) is 4.62. The fraction of sp³-hybridized carbons (Fsp3) is 0.200. The topological polar surface area (TPSA) is 103 Å². The average molecular weight is 407 g/mol. The number of benzene rings is 1. The number of cyclic esters (lactones) is 1. The van der Waals surface area contributed by atoms with E-state index in [2.05, 4.69) is 20.1 Å². The molecule has 0 unspecified atom stereocenters. The van der Waals surface area contributed by atoms with Crippen molar-refractivity contribution in [3.8, 4) is 5.69 Å². The highest BCUT2D eigenvalue weighted by molar-refractivity contribution is 5.89. The Bertz CT molecular complexity index is 1110. The Morgan fingerprint density at radius 2 is 2.20 bits per heavy atom. The van der Waals surface area contributed by atoms with Gasteiger partial charge in [0.1, 0.15) is 17.7 Å². The zero-order chi connectivity index (χ0) is 21.1. The first kappa shape index (κ1) is 19.4. The average Bonchev–Trinajstić information content (AvgIpc) is 3.39. The molecule has 30 heavy (non-hydrogen) atoms. The lowest BCUT2D eigenvalue weighted by Crippen LogP contribution is -2.27. The molecule has 0 aliphatic carbocycles. The first-order valence-electron chi connectivity index (χ1n) is 9.16. The summed E-state index contributed by atoms with van der Waals surface area (Å²) < 4.78 is 21.4.